The predicted molar refractivity (Wildman–Crippen MR) is 75.3 cm³/mol. The lowest BCUT2D eigenvalue weighted by molar-refractivity contribution is -0.117. The van der Waals surface area contributed by atoms with Crippen molar-refractivity contribution in [3.63, 3.8) is 0 Å². The molecular formula is C14H17NO3S. The molecule has 1 fully saturated rings. The van der Waals surface area contributed by atoms with Crippen molar-refractivity contribution < 1.29 is 13.2 Å². The van der Waals surface area contributed by atoms with Gasteiger partial charge in [-0.05, 0) is 25.0 Å². The summed E-state index contributed by atoms with van der Waals surface area (Å²) < 4.78 is 22.6. The third-order valence-electron chi connectivity index (χ3n) is 3.11. The predicted octanol–water partition coefficient (Wildman–Crippen LogP) is 1.39. The molecule has 0 aliphatic carbocycles. The van der Waals surface area contributed by atoms with Gasteiger partial charge in [0.25, 0.3) is 0 Å². The average Bonchev–Trinajstić information content (AvgIpc) is 2.70. The van der Waals surface area contributed by atoms with Gasteiger partial charge < -0.3 is 5.32 Å². The molecule has 1 unspecified atom stereocenters. The van der Waals surface area contributed by atoms with Crippen LogP contribution in [0.4, 0.5) is 0 Å². The summed E-state index contributed by atoms with van der Waals surface area (Å²) in [6.45, 7) is 1.73. The number of sulfone groups is 1. The van der Waals surface area contributed by atoms with Crippen molar-refractivity contribution in [3.05, 3.63) is 41.5 Å². The number of hydrogen-bond donors (Lipinski definition) is 1. The maximum absolute atomic E-state index is 11.9. The Bertz CT molecular complexity index is 590. The van der Waals surface area contributed by atoms with Crippen LogP contribution in [0.3, 0.4) is 0 Å². The molecule has 4 nitrogen and oxygen atoms in total. The smallest absolute Gasteiger partial charge is 0.247 e. The highest BCUT2D eigenvalue weighted by molar-refractivity contribution is 7.91. The van der Waals surface area contributed by atoms with Gasteiger partial charge in [0, 0.05) is 11.6 Å². The standard InChI is InChI=1S/C14H17NO3S/c1-11(9-12-5-3-2-4-6-12)14(16)15-13-7-8-19(17,18)10-13/h2-6,9,13H,7-8,10H2,1H3,(H,15,16)/b11-9+. The molecule has 0 saturated carbocycles. The molecule has 1 aliphatic rings. The van der Waals surface area contributed by atoms with Crippen LogP contribution in [0.25, 0.3) is 6.08 Å². The number of carbonyl (C=O) groups is 1. The lowest BCUT2D eigenvalue weighted by atomic mass is 10.1. The number of amides is 1. The Hall–Kier alpha value is -1.62. The number of benzene rings is 1. The van der Waals surface area contributed by atoms with E-state index in [1.54, 1.807) is 13.0 Å². The number of hydrogen-bond acceptors (Lipinski definition) is 3. The van der Waals surface area contributed by atoms with Gasteiger partial charge in [-0.15, -0.1) is 0 Å². The van der Waals surface area contributed by atoms with Crippen LogP contribution in [-0.4, -0.2) is 31.9 Å². The van der Waals surface area contributed by atoms with Gasteiger partial charge in [0.1, 0.15) is 0 Å². The second-order valence-corrected chi connectivity index (χ2v) is 7.04. The molecule has 1 saturated heterocycles. The van der Waals surface area contributed by atoms with E-state index in [1.807, 2.05) is 30.3 Å². The first-order chi connectivity index (χ1) is 8.96. The first-order valence-electron chi connectivity index (χ1n) is 6.21. The zero-order valence-electron chi connectivity index (χ0n) is 10.8. The molecule has 1 amide bonds. The minimum absolute atomic E-state index is 0.0529. The minimum Gasteiger partial charge on any atom is -0.349 e. The van der Waals surface area contributed by atoms with Gasteiger partial charge in [-0.2, -0.15) is 0 Å². The molecule has 1 heterocycles. The van der Waals surface area contributed by atoms with Gasteiger partial charge in [-0.25, -0.2) is 8.42 Å². The van der Waals surface area contributed by atoms with Crippen molar-refractivity contribution in [2.75, 3.05) is 11.5 Å². The Morgan fingerprint density at radius 2 is 2.00 bits per heavy atom. The Labute approximate surface area is 113 Å². The van der Waals surface area contributed by atoms with Crippen molar-refractivity contribution in [1.29, 1.82) is 0 Å². The molecule has 102 valence electrons. The topological polar surface area (TPSA) is 63.2 Å². The van der Waals surface area contributed by atoms with Crippen molar-refractivity contribution in [2.24, 2.45) is 0 Å². The molecule has 1 atom stereocenters. The van der Waals surface area contributed by atoms with Crippen LogP contribution in [0.15, 0.2) is 35.9 Å². The average molecular weight is 279 g/mol. The molecule has 0 radical (unpaired) electrons. The lowest BCUT2D eigenvalue weighted by Gasteiger charge is -2.10. The Kier molecular flexibility index (Phi) is 4.04. The summed E-state index contributed by atoms with van der Waals surface area (Å²) in [5.41, 5.74) is 1.53. The van der Waals surface area contributed by atoms with E-state index in [9.17, 15) is 13.2 Å². The van der Waals surface area contributed by atoms with E-state index >= 15 is 0 Å². The van der Waals surface area contributed by atoms with E-state index < -0.39 is 9.84 Å². The van der Waals surface area contributed by atoms with Gasteiger partial charge in [-0.1, -0.05) is 30.3 Å². The van der Waals surface area contributed by atoms with Crippen LogP contribution >= 0.6 is 0 Å². The first-order valence-corrected chi connectivity index (χ1v) is 8.03. The number of rotatable bonds is 3. The van der Waals surface area contributed by atoms with E-state index in [1.165, 1.54) is 0 Å². The third-order valence-corrected chi connectivity index (χ3v) is 4.88. The quantitative estimate of drug-likeness (QED) is 0.851. The van der Waals surface area contributed by atoms with Crippen LogP contribution in [0, 0.1) is 0 Å². The summed E-state index contributed by atoms with van der Waals surface area (Å²) in [6, 6.07) is 9.29. The summed E-state index contributed by atoms with van der Waals surface area (Å²) >= 11 is 0. The zero-order valence-corrected chi connectivity index (χ0v) is 11.6. The van der Waals surface area contributed by atoms with Gasteiger partial charge in [0.05, 0.1) is 11.5 Å². The molecule has 2 rings (SSSR count). The van der Waals surface area contributed by atoms with Crippen molar-refractivity contribution in [1.82, 2.24) is 5.32 Å². The highest BCUT2D eigenvalue weighted by Gasteiger charge is 2.28. The van der Waals surface area contributed by atoms with Gasteiger partial charge in [0.15, 0.2) is 9.84 Å². The van der Waals surface area contributed by atoms with E-state index in [4.69, 9.17) is 0 Å². The first kappa shape index (κ1) is 13.8. The van der Waals surface area contributed by atoms with E-state index in [2.05, 4.69) is 5.32 Å². The van der Waals surface area contributed by atoms with Crippen molar-refractivity contribution >= 4 is 21.8 Å². The molecule has 19 heavy (non-hydrogen) atoms. The largest absolute Gasteiger partial charge is 0.349 e. The van der Waals surface area contributed by atoms with E-state index in [0.29, 0.717) is 12.0 Å². The van der Waals surface area contributed by atoms with E-state index in [0.717, 1.165) is 5.56 Å². The molecule has 1 aliphatic heterocycles. The molecule has 1 aromatic rings. The Balaban J connectivity index is 1.99. The van der Waals surface area contributed by atoms with E-state index in [-0.39, 0.29) is 23.5 Å². The lowest BCUT2D eigenvalue weighted by Crippen LogP contribution is -2.35. The van der Waals surface area contributed by atoms with Gasteiger partial charge >= 0.3 is 0 Å². The third kappa shape index (κ3) is 3.92. The van der Waals surface area contributed by atoms with Crippen molar-refractivity contribution in [3.8, 4) is 0 Å². The molecule has 0 bridgehead atoms. The summed E-state index contributed by atoms with van der Waals surface area (Å²) in [4.78, 5) is 11.9. The Morgan fingerprint density at radius 1 is 1.32 bits per heavy atom. The summed E-state index contributed by atoms with van der Waals surface area (Å²) in [7, 11) is -2.96. The SMILES string of the molecule is C/C(=C\c1ccccc1)C(=O)NC1CCS(=O)(=O)C1. The highest BCUT2D eigenvalue weighted by Crippen LogP contribution is 2.12. The van der Waals surface area contributed by atoms with Crippen LogP contribution in [0.1, 0.15) is 18.9 Å². The molecular weight excluding hydrogens is 262 g/mol. The monoisotopic (exact) mass is 279 g/mol. The molecule has 1 N–H and O–H groups in total. The summed E-state index contributed by atoms with van der Waals surface area (Å²) in [5.74, 6) is 0.0162. The second-order valence-electron chi connectivity index (χ2n) is 4.81. The fourth-order valence-corrected chi connectivity index (χ4v) is 3.75. The Morgan fingerprint density at radius 3 is 2.58 bits per heavy atom. The minimum atomic E-state index is -2.96. The van der Waals surface area contributed by atoms with Crippen LogP contribution in [-0.2, 0) is 14.6 Å². The fraction of sp³-hybridized carbons (Fsp3) is 0.357. The summed E-state index contributed by atoms with van der Waals surface area (Å²) in [6.07, 6.45) is 2.30. The number of carbonyl (C=O) groups excluding carboxylic acids is 1. The molecule has 5 heteroatoms. The molecule has 1 aromatic carbocycles. The van der Waals surface area contributed by atoms with Crippen LogP contribution in [0.5, 0.6) is 0 Å². The zero-order chi connectivity index (χ0) is 13.9. The molecule has 0 aromatic heterocycles. The van der Waals surface area contributed by atoms with Crippen LogP contribution < -0.4 is 5.32 Å². The fourth-order valence-electron chi connectivity index (χ4n) is 2.07. The van der Waals surface area contributed by atoms with Crippen molar-refractivity contribution in [2.45, 2.75) is 19.4 Å². The maximum atomic E-state index is 11.9. The van der Waals surface area contributed by atoms with Gasteiger partial charge in [0.2, 0.25) is 5.91 Å². The highest BCUT2D eigenvalue weighted by atomic mass is 32.2. The molecule has 0 spiro atoms. The van der Waals surface area contributed by atoms with Gasteiger partial charge in [-0.3, -0.25) is 4.79 Å². The second kappa shape index (κ2) is 5.57. The number of nitrogens with one attached hydrogen (secondary N) is 1. The van der Waals surface area contributed by atoms with Crippen LogP contribution in [0.2, 0.25) is 0 Å². The maximum Gasteiger partial charge on any atom is 0.247 e. The normalized spacial score (nSPS) is 22.2. The summed E-state index contributed by atoms with van der Waals surface area (Å²) in [5, 5.41) is 2.77.